The van der Waals surface area contributed by atoms with Crippen LogP contribution in [0.1, 0.15) is 37.0 Å². The normalized spacial score (nSPS) is 10.1. The fraction of sp³-hybridized carbons (Fsp3) is 0.263. The fourth-order valence-corrected chi connectivity index (χ4v) is 2.00. The van der Waals surface area contributed by atoms with Gasteiger partial charge >= 0.3 is 5.97 Å². The van der Waals surface area contributed by atoms with Gasteiger partial charge in [0.25, 0.3) is 0 Å². The van der Waals surface area contributed by atoms with Crippen molar-refractivity contribution >= 4 is 17.6 Å². The number of ether oxygens (including phenoxy) is 2. The first kappa shape index (κ1) is 17.5. The highest BCUT2D eigenvalue weighted by atomic mass is 16.5. The minimum Gasteiger partial charge on any atom is -0.494 e. The summed E-state index contributed by atoms with van der Waals surface area (Å²) in [5.74, 6) is 0.556. The average Bonchev–Trinajstić information content (AvgIpc) is 2.57. The highest BCUT2D eigenvalue weighted by Gasteiger charge is 2.09. The highest BCUT2D eigenvalue weighted by molar-refractivity contribution is 5.91. The molecule has 0 aromatic heterocycles. The van der Waals surface area contributed by atoms with E-state index in [2.05, 4.69) is 12.2 Å². The van der Waals surface area contributed by atoms with E-state index in [-0.39, 0.29) is 5.91 Å². The lowest BCUT2D eigenvalue weighted by atomic mass is 10.2. The molecule has 0 aliphatic heterocycles. The summed E-state index contributed by atoms with van der Waals surface area (Å²) in [4.78, 5) is 23.1. The van der Waals surface area contributed by atoms with E-state index in [4.69, 9.17) is 9.47 Å². The molecule has 0 fully saturated rings. The molecule has 0 unspecified atom stereocenters. The summed E-state index contributed by atoms with van der Waals surface area (Å²) < 4.78 is 10.9. The van der Waals surface area contributed by atoms with E-state index in [9.17, 15) is 9.59 Å². The summed E-state index contributed by atoms with van der Waals surface area (Å²) in [6, 6.07) is 13.5. The van der Waals surface area contributed by atoms with Crippen molar-refractivity contribution in [3.05, 3.63) is 54.1 Å². The number of rotatable bonds is 7. The number of nitrogens with one attached hydrogen (secondary N) is 1. The molecule has 0 atom stereocenters. The molecule has 2 rings (SSSR count). The van der Waals surface area contributed by atoms with Crippen LogP contribution in [0.25, 0.3) is 0 Å². The SMILES string of the molecule is CCCCOc1ccc(C(=O)Oc2ccc(NC(C)=O)cc2)cc1. The van der Waals surface area contributed by atoms with Crippen molar-refractivity contribution in [3.8, 4) is 11.5 Å². The maximum atomic E-state index is 12.1. The summed E-state index contributed by atoms with van der Waals surface area (Å²) in [5, 5.41) is 2.65. The van der Waals surface area contributed by atoms with E-state index in [1.807, 2.05) is 0 Å². The molecule has 0 radical (unpaired) electrons. The molecule has 5 nitrogen and oxygen atoms in total. The van der Waals surface area contributed by atoms with Gasteiger partial charge in [0.1, 0.15) is 11.5 Å². The number of amides is 1. The van der Waals surface area contributed by atoms with Crippen LogP contribution in [0.5, 0.6) is 11.5 Å². The summed E-state index contributed by atoms with van der Waals surface area (Å²) in [5.41, 5.74) is 1.10. The zero-order valence-electron chi connectivity index (χ0n) is 13.9. The van der Waals surface area contributed by atoms with Crippen molar-refractivity contribution in [2.75, 3.05) is 11.9 Å². The second-order valence-electron chi connectivity index (χ2n) is 5.32. The molecule has 126 valence electrons. The van der Waals surface area contributed by atoms with Crippen LogP contribution in [-0.2, 0) is 4.79 Å². The van der Waals surface area contributed by atoms with E-state index in [1.54, 1.807) is 48.5 Å². The van der Waals surface area contributed by atoms with Gasteiger partial charge in [0.15, 0.2) is 0 Å². The predicted octanol–water partition coefficient (Wildman–Crippen LogP) is 4.04. The minimum absolute atomic E-state index is 0.152. The maximum Gasteiger partial charge on any atom is 0.343 e. The molecule has 0 saturated carbocycles. The molecule has 2 aromatic carbocycles. The molecule has 0 saturated heterocycles. The Labute approximate surface area is 141 Å². The Bertz CT molecular complexity index is 678. The molecule has 24 heavy (non-hydrogen) atoms. The van der Waals surface area contributed by atoms with Gasteiger partial charge in [-0.05, 0) is 55.0 Å². The number of carbonyl (C=O) groups excluding carboxylic acids is 2. The van der Waals surface area contributed by atoms with Crippen LogP contribution < -0.4 is 14.8 Å². The van der Waals surface area contributed by atoms with E-state index in [0.29, 0.717) is 23.6 Å². The summed E-state index contributed by atoms with van der Waals surface area (Å²) in [6.45, 7) is 4.20. The van der Waals surface area contributed by atoms with Crippen LogP contribution >= 0.6 is 0 Å². The Morgan fingerprint density at radius 2 is 1.58 bits per heavy atom. The Hall–Kier alpha value is -2.82. The maximum absolute atomic E-state index is 12.1. The lowest BCUT2D eigenvalue weighted by Gasteiger charge is -2.08. The number of hydrogen-bond acceptors (Lipinski definition) is 4. The number of benzene rings is 2. The standard InChI is InChI=1S/C19H21NO4/c1-3-4-13-23-17-9-5-15(6-10-17)19(22)24-18-11-7-16(8-12-18)20-14(2)21/h5-12H,3-4,13H2,1-2H3,(H,20,21). The molecule has 0 aliphatic rings. The molecule has 0 spiro atoms. The summed E-state index contributed by atoms with van der Waals surface area (Å²) in [6.07, 6.45) is 2.07. The summed E-state index contributed by atoms with van der Waals surface area (Å²) >= 11 is 0. The molecule has 5 heteroatoms. The molecule has 1 N–H and O–H groups in total. The Kier molecular flexibility index (Phi) is 6.37. The molecular formula is C19H21NO4. The number of anilines is 1. The smallest absolute Gasteiger partial charge is 0.343 e. The molecule has 1 amide bonds. The zero-order valence-corrected chi connectivity index (χ0v) is 13.9. The van der Waals surface area contributed by atoms with Gasteiger partial charge in [0.2, 0.25) is 5.91 Å². The largest absolute Gasteiger partial charge is 0.494 e. The van der Waals surface area contributed by atoms with E-state index in [1.165, 1.54) is 6.92 Å². The van der Waals surface area contributed by atoms with Crippen LogP contribution in [0.4, 0.5) is 5.69 Å². The third-order valence-electron chi connectivity index (χ3n) is 3.24. The molecule has 0 aliphatic carbocycles. The van der Waals surface area contributed by atoms with E-state index in [0.717, 1.165) is 18.6 Å². The number of unbranched alkanes of at least 4 members (excludes halogenated alkanes) is 1. The second kappa shape index (κ2) is 8.72. The van der Waals surface area contributed by atoms with Crippen LogP contribution in [0.3, 0.4) is 0 Å². The van der Waals surface area contributed by atoms with Gasteiger partial charge in [-0.25, -0.2) is 4.79 Å². The third-order valence-corrected chi connectivity index (χ3v) is 3.24. The molecule has 2 aromatic rings. The Balaban J connectivity index is 1.93. The van der Waals surface area contributed by atoms with Crippen LogP contribution in [-0.4, -0.2) is 18.5 Å². The first-order chi connectivity index (χ1) is 11.6. The number of hydrogen-bond donors (Lipinski definition) is 1. The monoisotopic (exact) mass is 327 g/mol. The Morgan fingerprint density at radius 1 is 0.958 bits per heavy atom. The van der Waals surface area contributed by atoms with Gasteiger partial charge in [-0.2, -0.15) is 0 Å². The van der Waals surface area contributed by atoms with Crippen molar-refractivity contribution in [2.24, 2.45) is 0 Å². The van der Waals surface area contributed by atoms with Crippen LogP contribution in [0.2, 0.25) is 0 Å². The molecule has 0 heterocycles. The van der Waals surface area contributed by atoms with Gasteiger partial charge < -0.3 is 14.8 Å². The van der Waals surface area contributed by atoms with Crippen LogP contribution in [0.15, 0.2) is 48.5 Å². The van der Waals surface area contributed by atoms with Gasteiger partial charge in [-0.15, -0.1) is 0 Å². The number of carbonyl (C=O) groups is 2. The van der Waals surface area contributed by atoms with E-state index >= 15 is 0 Å². The average molecular weight is 327 g/mol. The first-order valence-corrected chi connectivity index (χ1v) is 7.91. The first-order valence-electron chi connectivity index (χ1n) is 7.91. The van der Waals surface area contributed by atoms with Crippen molar-refractivity contribution in [2.45, 2.75) is 26.7 Å². The fourth-order valence-electron chi connectivity index (χ4n) is 2.00. The quantitative estimate of drug-likeness (QED) is 0.473. The number of esters is 1. The van der Waals surface area contributed by atoms with Crippen LogP contribution in [0, 0.1) is 0 Å². The lowest BCUT2D eigenvalue weighted by molar-refractivity contribution is -0.114. The lowest BCUT2D eigenvalue weighted by Crippen LogP contribution is -2.09. The van der Waals surface area contributed by atoms with Crippen molar-refractivity contribution in [1.82, 2.24) is 0 Å². The second-order valence-corrected chi connectivity index (χ2v) is 5.32. The van der Waals surface area contributed by atoms with Crippen molar-refractivity contribution < 1.29 is 19.1 Å². The van der Waals surface area contributed by atoms with Crippen molar-refractivity contribution in [3.63, 3.8) is 0 Å². The van der Waals surface area contributed by atoms with Gasteiger partial charge in [-0.1, -0.05) is 13.3 Å². The van der Waals surface area contributed by atoms with Crippen molar-refractivity contribution in [1.29, 1.82) is 0 Å². The topological polar surface area (TPSA) is 64.6 Å². The predicted molar refractivity (Wildman–Crippen MR) is 92.5 cm³/mol. The Morgan fingerprint density at radius 3 is 2.17 bits per heavy atom. The van der Waals surface area contributed by atoms with Gasteiger partial charge in [-0.3, -0.25) is 4.79 Å². The zero-order chi connectivity index (χ0) is 17.4. The third kappa shape index (κ3) is 5.43. The highest BCUT2D eigenvalue weighted by Crippen LogP contribution is 2.18. The van der Waals surface area contributed by atoms with E-state index < -0.39 is 5.97 Å². The molecular weight excluding hydrogens is 306 g/mol. The summed E-state index contributed by atoms with van der Waals surface area (Å²) in [7, 11) is 0. The van der Waals surface area contributed by atoms with Gasteiger partial charge in [0, 0.05) is 12.6 Å². The van der Waals surface area contributed by atoms with Gasteiger partial charge in [0.05, 0.1) is 12.2 Å². The minimum atomic E-state index is -0.442. The molecule has 0 bridgehead atoms.